The molecule has 1 unspecified atom stereocenters. The summed E-state index contributed by atoms with van der Waals surface area (Å²) in [4.78, 5) is 19.5. The smallest absolute Gasteiger partial charge is 0.227 e. The first kappa shape index (κ1) is 22.1. The van der Waals surface area contributed by atoms with Crippen LogP contribution < -0.4 is 9.64 Å². The molecule has 6 heteroatoms. The zero-order valence-electron chi connectivity index (χ0n) is 19.3. The summed E-state index contributed by atoms with van der Waals surface area (Å²) in [5.74, 6) is 1.58. The predicted molar refractivity (Wildman–Crippen MR) is 132 cm³/mol. The van der Waals surface area contributed by atoms with Crippen LogP contribution in [0.4, 0.5) is 10.1 Å². The van der Waals surface area contributed by atoms with Gasteiger partial charge in [0, 0.05) is 31.1 Å². The maximum atomic E-state index is 13.3. The third kappa shape index (κ3) is 4.67. The van der Waals surface area contributed by atoms with Gasteiger partial charge in [-0.3, -0.25) is 4.79 Å². The van der Waals surface area contributed by atoms with Crippen molar-refractivity contribution in [3.05, 3.63) is 90.0 Å². The molecule has 174 valence electrons. The molecule has 1 aliphatic heterocycles. The number of fused-ring (bicyclic) bond motifs is 1. The maximum absolute atomic E-state index is 13.3. The van der Waals surface area contributed by atoms with Crippen LogP contribution in [0.3, 0.4) is 0 Å². The van der Waals surface area contributed by atoms with Crippen LogP contribution in [0.25, 0.3) is 11.0 Å². The normalized spacial score (nSPS) is 15.9. The van der Waals surface area contributed by atoms with E-state index in [0.29, 0.717) is 19.6 Å². The number of aromatic nitrogens is 2. The number of amides is 1. The number of rotatable bonds is 8. The number of imidazole rings is 1. The van der Waals surface area contributed by atoms with Crippen LogP contribution in [0, 0.1) is 12.7 Å². The summed E-state index contributed by atoms with van der Waals surface area (Å²) in [6.07, 6.45) is 2.27. The first-order valence-electron chi connectivity index (χ1n) is 11.8. The summed E-state index contributed by atoms with van der Waals surface area (Å²) >= 11 is 0. The minimum Gasteiger partial charge on any atom is -0.494 e. The zero-order chi connectivity index (χ0) is 23.5. The Hall–Kier alpha value is -3.67. The Morgan fingerprint density at radius 2 is 1.85 bits per heavy atom. The summed E-state index contributed by atoms with van der Waals surface area (Å²) in [6, 6.07) is 22.3. The van der Waals surface area contributed by atoms with Crippen molar-refractivity contribution in [2.75, 3.05) is 18.1 Å². The van der Waals surface area contributed by atoms with Gasteiger partial charge in [0.25, 0.3) is 0 Å². The van der Waals surface area contributed by atoms with Gasteiger partial charge in [0.1, 0.15) is 17.4 Å². The molecular formula is C28H28FN3O2. The van der Waals surface area contributed by atoms with Crippen LogP contribution >= 0.6 is 0 Å². The SMILES string of the molecule is Cc1cccc(OCCCCn2c(C3CC(=O)N(c4ccc(F)cc4)C3)nc3ccccc32)c1. The van der Waals surface area contributed by atoms with E-state index in [-0.39, 0.29) is 17.6 Å². The fraction of sp³-hybridized carbons (Fsp3) is 0.286. The molecule has 1 amide bonds. The van der Waals surface area contributed by atoms with Gasteiger partial charge in [-0.2, -0.15) is 0 Å². The van der Waals surface area contributed by atoms with Crippen LogP contribution in [0.2, 0.25) is 0 Å². The number of benzene rings is 3. The number of unbranched alkanes of at least 4 members (excludes halogenated alkanes) is 1. The molecule has 2 heterocycles. The highest BCUT2D eigenvalue weighted by atomic mass is 19.1. The monoisotopic (exact) mass is 457 g/mol. The molecule has 3 aromatic carbocycles. The highest BCUT2D eigenvalue weighted by molar-refractivity contribution is 5.96. The Bertz CT molecular complexity index is 1300. The summed E-state index contributed by atoms with van der Waals surface area (Å²) < 4.78 is 21.5. The minimum atomic E-state index is -0.305. The van der Waals surface area contributed by atoms with E-state index >= 15 is 0 Å². The molecule has 1 atom stereocenters. The Morgan fingerprint density at radius 1 is 1.03 bits per heavy atom. The van der Waals surface area contributed by atoms with E-state index in [1.54, 1.807) is 17.0 Å². The third-order valence-corrected chi connectivity index (χ3v) is 6.35. The standard InChI is InChI=1S/C28H28FN3O2/c1-20-7-6-8-24(17-20)34-16-5-4-15-31-26-10-3-2-9-25(26)30-28(31)21-18-27(33)32(19-21)23-13-11-22(29)12-14-23/h2-3,6-14,17,21H,4-5,15-16,18-19H2,1H3. The Kier molecular flexibility index (Phi) is 6.30. The van der Waals surface area contributed by atoms with E-state index in [9.17, 15) is 9.18 Å². The van der Waals surface area contributed by atoms with Crippen molar-refractivity contribution in [2.24, 2.45) is 0 Å². The van der Waals surface area contributed by atoms with Crippen LogP contribution in [0.5, 0.6) is 5.75 Å². The Labute approximate surface area is 198 Å². The third-order valence-electron chi connectivity index (χ3n) is 6.35. The summed E-state index contributed by atoms with van der Waals surface area (Å²) in [7, 11) is 0. The number of anilines is 1. The van der Waals surface area contributed by atoms with Gasteiger partial charge in [0.2, 0.25) is 5.91 Å². The van der Waals surface area contributed by atoms with Crippen molar-refractivity contribution >= 4 is 22.6 Å². The lowest BCUT2D eigenvalue weighted by Gasteiger charge is -2.17. The number of ether oxygens (including phenoxy) is 1. The summed E-state index contributed by atoms with van der Waals surface area (Å²) in [5, 5.41) is 0. The summed E-state index contributed by atoms with van der Waals surface area (Å²) in [5.41, 5.74) is 3.95. The van der Waals surface area contributed by atoms with Gasteiger partial charge in [0.15, 0.2) is 0 Å². The molecule has 0 N–H and O–H groups in total. The van der Waals surface area contributed by atoms with Crippen molar-refractivity contribution in [3.8, 4) is 5.75 Å². The molecule has 5 rings (SSSR count). The van der Waals surface area contributed by atoms with E-state index < -0.39 is 0 Å². The lowest BCUT2D eigenvalue weighted by Crippen LogP contribution is -2.24. The fourth-order valence-electron chi connectivity index (χ4n) is 4.66. The quantitative estimate of drug-likeness (QED) is 0.311. The van der Waals surface area contributed by atoms with Crippen LogP contribution in [0.1, 0.15) is 36.6 Å². The lowest BCUT2D eigenvalue weighted by molar-refractivity contribution is -0.117. The van der Waals surface area contributed by atoms with E-state index in [0.717, 1.165) is 47.7 Å². The number of carbonyl (C=O) groups excluding carboxylic acids is 1. The second-order valence-electron chi connectivity index (χ2n) is 8.86. The second kappa shape index (κ2) is 9.67. The van der Waals surface area contributed by atoms with Crippen LogP contribution in [-0.2, 0) is 11.3 Å². The van der Waals surface area contributed by atoms with E-state index in [2.05, 4.69) is 23.6 Å². The highest BCUT2D eigenvalue weighted by Crippen LogP contribution is 2.33. The van der Waals surface area contributed by atoms with Crippen molar-refractivity contribution < 1.29 is 13.9 Å². The first-order chi connectivity index (χ1) is 16.6. The van der Waals surface area contributed by atoms with Gasteiger partial charge in [0.05, 0.1) is 17.6 Å². The topological polar surface area (TPSA) is 47.4 Å². The number of hydrogen-bond acceptors (Lipinski definition) is 3. The summed E-state index contributed by atoms with van der Waals surface area (Å²) in [6.45, 7) is 4.08. The lowest BCUT2D eigenvalue weighted by atomic mass is 10.1. The molecule has 1 aromatic heterocycles. The highest BCUT2D eigenvalue weighted by Gasteiger charge is 2.34. The molecule has 34 heavy (non-hydrogen) atoms. The molecule has 1 saturated heterocycles. The molecule has 0 aliphatic carbocycles. The van der Waals surface area contributed by atoms with Crippen LogP contribution in [0.15, 0.2) is 72.8 Å². The molecular weight excluding hydrogens is 429 g/mol. The molecule has 1 fully saturated rings. The molecule has 0 saturated carbocycles. The molecule has 1 aliphatic rings. The fourth-order valence-corrected chi connectivity index (χ4v) is 4.66. The Morgan fingerprint density at radius 3 is 2.68 bits per heavy atom. The Balaban J connectivity index is 1.29. The maximum Gasteiger partial charge on any atom is 0.227 e. The van der Waals surface area contributed by atoms with Gasteiger partial charge in [-0.05, 0) is 73.9 Å². The molecule has 0 bridgehead atoms. The average Bonchev–Trinajstić information content (AvgIpc) is 3.40. The molecule has 0 spiro atoms. The van der Waals surface area contributed by atoms with E-state index in [1.165, 1.54) is 17.7 Å². The minimum absolute atomic E-state index is 0.00602. The second-order valence-corrected chi connectivity index (χ2v) is 8.86. The van der Waals surface area contributed by atoms with Gasteiger partial charge in [-0.25, -0.2) is 9.37 Å². The average molecular weight is 458 g/mol. The van der Waals surface area contributed by atoms with Crippen molar-refractivity contribution in [1.29, 1.82) is 0 Å². The van der Waals surface area contributed by atoms with E-state index in [1.807, 2.05) is 36.4 Å². The molecule has 4 aromatic rings. The van der Waals surface area contributed by atoms with Crippen LogP contribution in [-0.4, -0.2) is 28.6 Å². The van der Waals surface area contributed by atoms with Gasteiger partial charge >= 0.3 is 0 Å². The number of para-hydroxylation sites is 2. The molecule has 0 radical (unpaired) electrons. The van der Waals surface area contributed by atoms with E-state index in [4.69, 9.17) is 9.72 Å². The number of aryl methyl sites for hydroxylation is 2. The number of halogens is 1. The van der Waals surface area contributed by atoms with Crippen molar-refractivity contribution in [3.63, 3.8) is 0 Å². The molecule has 5 nitrogen and oxygen atoms in total. The van der Waals surface area contributed by atoms with Gasteiger partial charge in [-0.1, -0.05) is 24.3 Å². The number of nitrogens with zero attached hydrogens (tertiary/aromatic N) is 3. The van der Waals surface area contributed by atoms with Crippen molar-refractivity contribution in [1.82, 2.24) is 9.55 Å². The zero-order valence-corrected chi connectivity index (χ0v) is 19.3. The van der Waals surface area contributed by atoms with Gasteiger partial charge in [-0.15, -0.1) is 0 Å². The first-order valence-corrected chi connectivity index (χ1v) is 11.8. The predicted octanol–water partition coefficient (Wildman–Crippen LogP) is 5.86. The van der Waals surface area contributed by atoms with Crippen molar-refractivity contribution in [2.45, 2.75) is 38.6 Å². The number of hydrogen-bond donors (Lipinski definition) is 0. The number of carbonyl (C=O) groups is 1. The van der Waals surface area contributed by atoms with Gasteiger partial charge < -0.3 is 14.2 Å². The largest absolute Gasteiger partial charge is 0.494 e.